The number of ether oxygens (including phenoxy) is 3. The molecule has 1 aliphatic rings. The first-order valence-corrected chi connectivity index (χ1v) is 8.52. The number of benzene rings is 1. The highest BCUT2D eigenvalue weighted by atomic mass is 79.9. The Kier molecular flexibility index (Phi) is 7.05. The van der Waals surface area contributed by atoms with Crippen molar-refractivity contribution in [1.29, 1.82) is 0 Å². The normalized spacial score (nSPS) is 14.7. The van der Waals surface area contributed by atoms with E-state index in [2.05, 4.69) is 15.9 Å². The SMILES string of the molecule is COCCOc1cc(C(=O)COC(=O)C2CCCC2)ccc1Br. The van der Waals surface area contributed by atoms with Crippen LogP contribution in [0.3, 0.4) is 0 Å². The quantitative estimate of drug-likeness (QED) is 0.390. The number of hydrogen-bond acceptors (Lipinski definition) is 5. The lowest BCUT2D eigenvalue weighted by Gasteiger charge is -2.11. The highest BCUT2D eigenvalue weighted by molar-refractivity contribution is 9.10. The second kappa shape index (κ2) is 9.03. The predicted molar refractivity (Wildman–Crippen MR) is 88.8 cm³/mol. The zero-order valence-electron chi connectivity index (χ0n) is 13.2. The molecule has 0 aliphatic heterocycles. The number of carbonyl (C=O) groups is 2. The molecule has 0 bridgehead atoms. The van der Waals surface area contributed by atoms with Crippen LogP contribution in [0.5, 0.6) is 5.75 Å². The van der Waals surface area contributed by atoms with Crippen LogP contribution >= 0.6 is 15.9 Å². The first kappa shape index (κ1) is 17.9. The second-order valence-corrected chi connectivity index (χ2v) is 6.35. The van der Waals surface area contributed by atoms with Crippen LogP contribution in [0.25, 0.3) is 0 Å². The maximum absolute atomic E-state index is 12.2. The van der Waals surface area contributed by atoms with Crippen molar-refractivity contribution in [3.05, 3.63) is 28.2 Å². The third-order valence-corrected chi connectivity index (χ3v) is 4.49. The molecule has 0 radical (unpaired) electrons. The number of hydrogen-bond donors (Lipinski definition) is 0. The van der Waals surface area contributed by atoms with E-state index in [1.165, 1.54) is 0 Å². The van der Waals surface area contributed by atoms with Gasteiger partial charge in [-0.1, -0.05) is 12.8 Å². The Balaban J connectivity index is 1.90. The number of methoxy groups -OCH3 is 1. The Hall–Kier alpha value is -1.40. The fraction of sp³-hybridized carbons (Fsp3) is 0.529. The van der Waals surface area contributed by atoms with Crippen LogP contribution in [0.2, 0.25) is 0 Å². The van der Waals surface area contributed by atoms with Crippen molar-refractivity contribution < 1.29 is 23.8 Å². The van der Waals surface area contributed by atoms with E-state index in [0.29, 0.717) is 24.5 Å². The van der Waals surface area contributed by atoms with Crippen LogP contribution < -0.4 is 4.74 Å². The van der Waals surface area contributed by atoms with Crippen LogP contribution in [0.4, 0.5) is 0 Å². The summed E-state index contributed by atoms with van der Waals surface area (Å²) in [5.74, 6) is 0.0284. The van der Waals surface area contributed by atoms with Crippen LogP contribution in [0.1, 0.15) is 36.0 Å². The van der Waals surface area contributed by atoms with E-state index in [0.717, 1.165) is 30.2 Å². The van der Waals surface area contributed by atoms with Crippen molar-refractivity contribution in [2.24, 2.45) is 5.92 Å². The molecule has 0 unspecified atom stereocenters. The summed E-state index contributed by atoms with van der Waals surface area (Å²) in [6.07, 6.45) is 3.84. The molecular formula is C17H21BrO5. The first-order chi connectivity index (χ1) is 11.1. The number of carbonyl (C=O) groups excluding carboxylic acids is 2. The molecule has 126 valence electrons. The van der Waals surface area contributed by atoms with Gasteiger partial charge in [-0.05, 0) is 47.0 Å². The number of rotatable bonds is 8. The molecule has 1 saturated carbocycles. The molecule has 1 aromatic carbocycles. The zero-order chi connectivity index (χ0) is 16.7. The summed E-state index contributed by atoms with van der Waals surface area (Å²) in [6.45, 7) is 0.626. The average Bonchev–Trinajstić information content (AvgIpc) is 3.09. The molecule has 5 nitrogen and oxygen atoms in total. The Morgan fingerprint density at radius 2 is 1.96 bits per heavy atom. The molecule has 0 heterocycles. The van der Waals surface area contributed by atoms with Crippen molar-refractivity contribution in [3.8, 4) is 5.75 Å². The Morgan fingerprint density at radius 3 is 2.65 bits per heavy atom. The Bertz CT molecular complexity index is 552. The summed E-state index contributed by atoms with van der Waals surface area (Å²) in [6, 6.07) is 5.07. The molecule has 0 N–H and O–H groups in total. The maximum atomic E-state index is 12.2. The van der Waals surface area contributed by atoms with Gasteiger partial charge in [0.05, 0.1) is 17.0 Å². The fourth-order valence-electron chi connectivity index (χ4n) is 2.52. The van der Waals surface area contributed by atoms with E-state index in [1.807, 2.05) is 0 Å². The number of halogens is 1. The minimum atomic E-state index is -0.260. The molecule has 6 heteroatoms. The zero-order valence-corrected chi connectivity index (χ0v) is 14.8. The lowest BCUT2D eigenvalue weighted by atomic mass is 10.1. The van der Waals surface area contributed by atoms with Gasteiger partial charge in [0.25, 0.3) is 0 Å². The fourth-order valence-corrected chi connectivity index (χ4v) is 2.88. The van der Waals surface area contributed by atoms with Crippen LogP contribution in [0, 0.1) is 5.92 Å². The van der Waals surface area contributed by atoms with E-state index in [1.54, 1.807) is 25.3 Å². The smallest absolute Gasteiger partial charge is 0.309 e. The molecule has 1 fully saturated rings. The van der Waals surface area contributed by atoms with Gasteiger partial charge in [0.1, 0.15) is 12.4 Å². The molecule has 23 heavy (non-hydrogen) atoms. The lowest BCUT2D eigenvalue weighted by molar-refractivity contribution is -0.147. The van der Waals surface area contributed by atoms with E-state index in [-0.39, 0.29) is 24.3 Å². The van der Waals surface area contributed by atoms with Gasteiger partial charge < -0.3 is 14.2 Å². The molecule has 2 rings (SSSR count). The monoisotopic (exact) mass is 384 g/mol. The second-order valence-electron chi connectivity index (χ2n) is 5.50. The van der Waals surface area contributed by atoms with Crippen molar-refractivity contribution in [1.82, 2.24) is 0 Å². The topological polar surface area (TPSA) is 61.8 Å². The average molecular weight is 385 g/mol. The Morgan fingerprint density at radius 1 is 1.22 bits per heavy atom. The minimum Gasteiger partial charge on any atom is -0.490 e. The number of esters is 1. The number of Topliss-reactive ketones (excluding diaryl/α,β-unsaturated/α-hetero) is 1. The summed E-state index contributed by atoms with van der Waals surface area (Å²) < 4.78 is 16.4. The maximum Gasteiger partial charge on any atom is 0.309 e. The summed E-state index contributed by atoms with van der Waals surface area (Å²) >= 11 is 3.38. The minimum absolute atomic E-state index is 0.0411. The molecule has 0 amide bonds. The van der Waals surface area contributed by atoms with Gasteiger partial charge in [0, 0.05) is 12.7 Å². The summed E-state index contributed by atoms with van der Waals surface area (Å²) in [5, 5.41) is 0. The third-order valence-electron chi connectivity index (χ3n) is 3.83. The van der Waals surface area contributed by atoms with Gasteiger partial charge in [-0.25, -0.2) is 0 Å². The summed E-state index contributed by atoms with van der Waals surface area (Å²) in [7, 11) is 1.59. The van der Waals surface area contributed by atoms with Gasteiger partial charge in [-0.15, -0.1) is 0 Å². The molecule has 0 aromatic heterocycles. The first-order valence-electron chi connectivity index (χ1n) is 7.73. The molecule has 1 aliphatic carbocycles. The largest absolute Gasteiger partial charge is 0.490 e. The van der Waals surface area contributed by atoms with E-state index < -0.39 is 0 Å². The molecule has 1 aromatic rings. The van der Waals surface area contributed by atoms with Crippen LogP contribution in [0.15, 0.2) is 22.7 Å². The summed E-state index contributed by atoms with van der Waals surface area (Å²) in [5.41, 5.74) is 0.458. The highest BCUT2D eigenvalue weighted by Crippen LogP contribution is 2.27. The van der Waals surface area contributed by atoms with Crippen LogP contribution in [-0.4, -0.2) is 38.7 Å². The van der Waals surface area contributed by atoms with E-state index in [4.69, 9.17) is 14.2 Å². The van der Waals surface area contributed by atoms with Crippen molar-refractivity contribution in [3.63, 3.8) is 0 Å². The van der Waals surface area contributed by atoms with Gasteiger partial charge in [-0.2, -0.15) is 0 Å². The van der Waals surface area contributed by atoms with Gasteiger partial charge in [-0.3, -0.25) is 9.59 Å². The van der Waals surface area contributed by atoms with Crippen molar-refractivity contribution in [2.45, 2.75) is 25.7 Å². The molecule has 0 saturated heterocycles. The predicted octanol–water partition coefficient (Wildman–Crippen LogP) is 3.39. The summed E-state index contributed by atoms with van der Waals surface area (Å²) in [4.78, 5) is 24.0. The molecule has 0 spiro atoms. The lowest BCUT2D eigenvalue weighted by Crippen LogP contribution is -2.19. The molecular weight excluding hydrogens is 364 g/mol. The van der Waals surface area contributed by atoms with Gasteiger partial charge >= 0.3 is 5.97 Å². The van der Waals surface area contributed by atoms with Gasteiger partial charge in [0.2, 0.25) is 0 Å². The standard InChI is InChI=1S/C17H21BrO5/c1-21-8-9-22-16-10-13(6-7-14(16)18)15(19)11-23-17(20)12-4-2-3-5-12/h6-7,10,12H,2-5,8-9,11H2,1H3. The highest BCUT2D eigenvalue weighted by Gasteiger charge is 2.24. The van der Waals surface area contributed by atoms with E-state index in [9.17, 15) is 9.59 Å². The van der Waals surface area contributed by atoms with Crippen molar-refractivity contribution in [2.75, 3.05) is 26.9 Å². The Labute approximate surface area is 144 Å². The van der Waals surface area contributed by atoms with Crippen LogP contribution in [-0.2, 0) is 14.3 Å². The van der Waals surface area contributed by atoms with Crippen molar-refractivity contribution >= 4 is 27.7 Å². The number of ketones is 1. The molecule has 0 atom stereocenters. The third kappa shape index (κ3) is 5.32. The van der Waals surface area contributed by atoms with Gasteiger partial charge in [0.15, 0.2) is 12.4 Å². The van der Waals surface area contributed by atoms with E-state index >= 15 is 0 Å².